The number of amides is 1. The van der Waals surface area contributed by atoms with E-state index in [1.54, 1.807) is 24.3 Å². The van der Waals surface area contributed by atoms with Crippen LogP contribution in [0.3, 0.4) is 0 Å². The summed E-state index contributed by atoms with van der Waals surface area (Å²) in [6.45, 7) is 4.28. The normalized spacial score (nSPS) is 15.2. The summed E-state index contributed by atoms with van der Waals surface area (Å²) in [7, 11) is 0. The summed E-state index contributed by atoms with van der Waals surface area (Å²) < 4.78 is 10.8. The summed E-state index contributed by atoms with van der Waals surface area (Å²) in [6.07, 6.45) is 1.45. The summed E-state index contributed by atoms with van der Waals surface area (Å²) in [6, 6.07) is 16.5. The number of morpholine rings is 1. The molecule has 172 valence electrons. The molecule has 1 aliphatic rings. The van der Waals surface area contributed by atoms with Crippen molar-refractivity contribution in [3.63, 3.8) is 0 Å². The molecule has 0 aliphatic carbocycles. The highest BCUT2D eigenvalue weighted by molar-refractivity contribution is 5.94. The smallest absolute Gasteiger partial charge is 0.306 e. The van der Waals surface area contributed by atoms with Crippen LogP contribution < -0.4 is 5.32 Å². The molecule has 7 heteroatoms. The van der Waals surface area contributed by atoms with Crippen molar-refractivity contribution in [2.45, 2.75) is 32.5 Å². The Morgan fingerprint density at radius 1 is 1.03 bits per heavy atom. The molecule has 1 atom stereocenters. The molecular weight excluding hydrogens is 408 g/mol. The summed E-state index contributed by atoms with van der Waals surface area (Å²) in [5.41, 5.74) is 2.33. The molecule has 0 spiro atoms. The van der Waals surface area contributed by atoms with Gasteiger partial charge in [-0.3, -0.25) is 14.5 Å². The first-order valence-electron chi connectivity index (χ1n) is 11.1. The van der Waals surface area contributed by atoms with E-state index in [0.717, 1.165) is 50.4 Å². The highest BCUT2D eigenvalue weighted by atomic mass is 16.5. The van der Waals surface area contributed by atoms with Crippen LogP contribution in [0.4, 0.5) is 5.69 Å². The summed E-state index contributed by atoms with van der Waals surface area (Å²) in [4.78, 5) is 27.8. The van der Waals surface area contributed by atoms with Crippen LogP contribution >= 0.6 is 0 Å². The molecule has 1 aliphatic heterocycles. The number of nitrogens with zero attached hydrogens (tertiary/aromatic N) is 1. The zero-order chi connectivity index (χ0) is 22.6. The minimum Gasteiger partial charge on any atom is -0.461 e. The Morgan fingerprint density at radius 3 is 2.44 bits per heavy atom. The van der Waals surface area contributed by atoms with Crippen LogP contribution in [0.1, 0.15) is 30.4 Å². The number of carbonyl (C=O) groups excluding carboxylic acids is 2. The number of aliphatic hydroxyl groups excluding tert-OH is 1. The minimum atomic E-state index is -0.475. The van der Waals surface area contributed by atoms with Gasteiger partial charge < -0.3 is 19.9 Å². The van der Waals surface area contributed by atoms with Gasteiger partial charge in [-0.25, -0.2) is 0 Å². The highest BCUT2D eigenvalue weighted by Gasteiger charge is 2.23. The Morgan fingerprint density at radius 2 is 1.75 bits per heavy atom. The third-order valence-corrected chi connectivity index (χ3v) is 5.56. The molecule has 1 heterocycles. The first kappa shape index (κ1) is 23.9. The van der Waals surface area contributed by atoms with E-state index in [0.29, 0.717) is 12.1 Å². The lowest BCUT2D eigenvalue weighted by Crippen LogP contribution is -2.37. The number of hydrogen-bond donors (Lipinski definition) is 2. The topological polar surface area (TPSA) is 88.1 Å². The van der Waals surface area contributed by atoms with Crippen LogP contribution in [-0.2, 0) is 32.3 Å². The molecule has 32 heavy (non-hydrogen) atoms. The van der Waals surface area contributed by atoms with Crippen molar-refractivity contribution < 1.29 is 24.2 Å². The molecule has 2 N–H and O–H groups in total. The number of hydrogen-bond acceptors (Lipinski definition) is 6. The van der Waals surface area contributed by atoms with Gasteiger partial charge in [-0.1, -0.05) is 42.5 Å². The monoisotopic (exact) mass is 440 g/mol. The number of anilines is 1. The molecule has 2 aromatic carbocycles. The Bertz CT molecular complexity index is 835. The van der Waals surface area contributed by atoms with Gasteiger partial charge in [0.1, 0.15) is 6.61 Å². The fourth-order valence-electron chi connectivity index (χ4n) is 3.65. The number of esters is 1. The third-order valence-electron chi connectivity index (χ3n) is 5.56. The maximum absolute atomic E-state index is 13.0. The van der Waals surface area contributed by atoms with Crippen molar-refractivity contribution in [1.29, 1.82) is 0 Å². The second-order valence-electron chi connectivity index (χ2n) is 7.99. The predicted octanol–water partition coefficient (Wildman–Crippen LogP) is 2.98. The van der Waals surface area contributed by atoms with E-state index in [2.05, 4.69) is 10.2 Å². The number of benzene rings is 2. The van der Waals surface area contributed by atoms with Crippen molar-refractivity contribution in [3.05, 3.63) is 65.7 Å². The molecule has 7 nitrogen and oxygen atoms in total. The fraction of sp³-hybridized carbons (Fsp3) is 0.440. The van der Waals surface area contributed by atoms with Gasteiger partial charge in [0.2, 0.25) is 5.91 Å². The van der Waals surface area contributed by atoms with Crippen LogP contribution in [0.25, 0.3) is 0 Å². The van der Waals surface area contributed by atoms with Gasteiger partial charge in [0.25, 0.3) is 0 Å². The molecule has 0 bridgehead atoms. The lowest BCUT2D eigenvalue weighted by Gasteiger charge is -2.27. The predicted molar refractivity (Wildman–Crippen MR) is 122 cm³/mol. The van der Waals surface area contributed by atoms with Crippen molar-refractivity contribution >= 4 is 17.6 Å². The average Bonchev–Trinajstić information content (AvgIpc) is 2.84. The van der Waals surface area contributed by atoms with Crippen LogP contribution in [0, 0.1) is 5.92 Å². The van der Waals surface area contributed by atoms with E-state index in [1.165, 1.54) is 0 Å². The maximum atomic E-state index is 13.0. The maximum Gasteiger partial charge on any atom is 0.306 e. The van der Waals surface area contributed by atoms with E-state index in [9.17, 15) is 14.7 Å². The molecule has 1 saturated heterocycles. The van der Waals surface area contributed by atoms with Gasteiger partial charge in [-0.05, 0) is 42.6 Å². The standard InChI is InChI=1S/C25H32N2O5/c28-18-20-8-10-23(11-9-20)26-25(30)22(7-4-12-27-13-15-31-16-14-27)17-24(29)32-19-21-5-2-1-3-6-21/h1-3,5-6,8-11,22,28H,4,7,12-19H2,(H,26,30)/t22-/m1/s1. The van der Waals surface area contributed by atoms with Gasteiger partial charge in [-0.2, -0.15) is 0 Å². The first-order valence-corrected chi connectivity index (χ1v) is 11.1. The molecule has 0 saturated carbocycles. The second kappa shape index (κ2) is 13.0. The molecular formula is C25H32N2O5. The quantitative estimate of drug-likeness (QED) is 0.523. The minimum absolute atomic E-state index is 0.0382. The van der Waals surface area contributed by atoms with Crippen LogP contribution in [0.2, 0.25) is 0 Å². The number of carbonyl (C=O) groups is 2. The molecule has 1 amide bonds. The third kappa shape index (κ3) is 8.07. The Hall–Kier alpha value is -2.74. The highest BCUT2D eigenvalue weighted by Crippen LogP contribution is 2.18. The lowest BCUT2D eigenvalue weighted by atomic mass is 9.97. The number of nitrogens with one attached hydrogen (secondary N) is 1. The molecule has 1 fully saturated rings. The van der Waals surface area contributed by atoms with Gasteiger partial charge in [0, 0.05) is 24.7 Å². The van der Waals surface area contributed by atoms with E-state index >= 15 is 0 Å². The summed E-state index contributed by atoms with van der Waals surface area (Å²) >= 11 is 0. The van der Waals surface area contributed by atoms with Crippen molar-refractivity contribution in [2.75, 3.05) is 38.2 Å². The second-order valence-corrected chi connectivity index (χ2v) is 7.99. The van der Waals surface area contributed by atoms with E-state index in [4.69, 9.17) is 9.47 Å². The van der Waals surface area contributed by atoms with Gasteiger partial charge >= 0.3 is 5.97 Å². The van der Waals surface area contributed by atoms with Crippen LogP contribution in [0.15, 0.2) is 54.6 Å². The SMILES string of the molecule is O=C(C[C@@H](CCCN1CCOCC1)C(=O)Nc1ccc(CO)cc1)OCc1ccccc1. The van der Waals surface area contributed by atoms with Crippen molar-refractivity contribution in [2.24, 2.45) is 5.92 Å². The number of ether oxygens (including phenoxy) is 2. The largest absolute Gasteiger partial charge is 0.461 e. The van der Waals surface area contributed by atoms with Crippen LogP contribution in [0.5, 0.6) is 0 Å². The molecule has 0 aromatic heterocycles. The first-order chi connectivity index (χ1) is 15.6. The number of aliphatic hydroxyl groups is 1. The van der Waals surface area contributed by atoms with Crippen molar-refractivity contribution in [1.82, 2.24) is 4.90 Å². The molecule has 0 unspecified atom stereocenters. The molecule has 0 radical (unpaired) electrons. The lowest BCUT2D eigenvalue weighted by molar-refractivity contribution is -0.147. The van der Waals surface area contributed by atoms with Crippen LogP contribution in [-0.4, -0.2) is 54.7 Å². The molecule has 3 rings (SSSR count). The number of rotatable bonds is 11. The average molecular weight is 441 g/mol. The Labute approximate surface area is 189 Å². The Kier molecular flexibility index (Phi) is 9.68. The zero-order valence-electron chi connectivity index (χ0n) is 18.4. The van der Waals surface area contributed by atoms with Gasteiger partial charge in [-0.15, -0.1) is 0 Å². The van der Waals surface area contributed by atoms with Gasteiger partial charge in [0.05, 0.1) is 26.2 Å². The van der Waals surface area contributed by atoms with Gasteiger partial charge in [0.15, 0.2) is 0 Å². The Balaban J connectivity index is 1.55. The summed E-state index contributed by atoms with van der Waals surface area (Å²) in [5, 5.41) is 12.1. The van der Waals surface area contributed by atoms with Crippen molar-refractivity contribution in [3.8, 4) is 0 Å². The molecule has 2 aromatic rings. The van der Waals surface area contributed by atoms with E-state index < -0.39 is 5.92 Å². The zero-order valence-corrected chi connectivity index (χ0v) is 18.4. The van der Waals surface area contributed by atoms with E-state index in [1.807, 2.05) is 30.3 Å². The van der Waals surface area contributed by atoms with E-state index in [-0.39, 0.29) is 31.5 Å². The summed E-state index contributed by atoms with van der Waals surface area (Å²) in [5.74, 6) is -1.05. The fourth-order valence-corrected chi connectivity index (χ4v) is 3.65.